The van der Waals surface area contributed by atoms with Gasteiger partial charge in [-0.15, -0.1) is 0 Å². The maximum atomic E-state index is 12.4. The Morgan fingerprint density at radius 2 is 1.77 bits per heavy atom. The Kier molecular flexibility index (Phi) is 7.02. The molecule has 0 bridgehead atoms. The van der Waals surface area contributed by atoms with E-state index < -0.39 is 16.0 Å². The molecule has 0 radical (unpaired) electrons. The van der Waals surface area contributed by atoms with Gasteiger partial charge in [-0.1, -0.05) is 12.1 Å². The molecule has 30 heavy (non-hydrogen) atoms. The monoisotopic (exact) mass is 431 g/mol. The first-order chi connectivity index (χ1) is 14.3. The van der Waals surface area contributed by atoms with Gasteiger partial charge in [0.1, 0.15) is 0 Å². The third-order valence-electron chi connectivity index (χ3n) is 5.09. The second kappa shape index (κ2) is 9.51. The Bertz CT molecular complexity index is 1020. The van der Waals surface area contributed by atoms with Gasteiger partial charge >= 0.3 is 5.97 Å². The van der Waals surface area contributed by atoms with Gasteiger partial charge in [0.2, 0.25) is 10.0 Å². The molecule has 2 aromatic rings. The topological polar surface area (TPSA) is 98.8 Å². The molecule has 8 heteroatoms. The number of carbonyl (C=O) groups excluding carboxylic acids is 2. The predicted molar refractivity (Wildman–Crippen MR) is 111 cm³/mol. The molecule has 0 amide bonds. The minimum atomic E-state index is -3.70. The van der Waals surface area contributed by atoms with Gasteiger partial charge in [0.05, 0.1) is 16.6 Å². The molecular formula is C22H25NO6S. The van der Waals surface area contributed by atoms with Gasteiger partial charge in [-0.3, -0.25) is 4.79 Å². The molecule has 3 rings (SSSR count). The lowest BCUT2D eigenvalue weighted by atomic mass is 10.0. The van der Waals surface area contributed by atoms with E-state index in [1.54, 1.807) is 12.1 Å². The summed E-state index contributed by atoms with van der Waals surface area (Å²) >= 11 is 0. The van der Waals surface area contributed by atoms with Crippen molar-refractivity contribution in [2.45, 2.75) is 37.7 Å². The van der Waals surface area contributed by atoms with Crippen molar-refractivity contribution in [1.82, 2.24) is 4.72 Å². The molecule has 1 N–H and O–H groups in total. The standard InChI is InChI=1S/C22H25NO6S/c1-15-5-6-18(12-16(15)2)21(24)14-29-22(25)17-7-9-20(10-8-17)30(26,27)23-13-19-4-3-11-28-19/h5-10,12,19,23H,3-4,11,13-14H2,1-2H3. The average molecular weight is 432 g/mol. The number of hydrogen-bond acceptors (Lipinski definition) is 6. The van der Waals surface area contributed by atoms with E-state index in [-0.39, 0.29) is 35.5 Å². The van der Waals surface area contributed by atoms with Crippen LogP contribution in [0.2, 0.25) is 0 Å². The molecule has 0 aliphatic carbocycles. The summed E-state index contributed by atoms with van der Waals surface area (Å²) in [5.41, 5.74) is 2.70. The number of rotatable bonds is 8. The van der Waals surface area contributed by atoms with Crippen LogP contribution in [0.15, 0.2) is 47.4 Å². The second-order valence-corrected chi connectivity index (χ2v) is 9.08. The van der Waals surface area contributed by atoms with E-state index in [1.807, 2.05) is 19.9 Å². The number of benzene rings is 2. The zero-order valence-corrected chi connectivity index (χ0v) is 17.8. The van der Waals surface area contributed by atoms with Crippen LogP contribution in [0, 0.1) is 13.8 Å². The normalized spacial score (nSPS) is 16.4. The highest BCUT2D eigenvalue weighted by atomic mass is 32.2. The molecule has 1 saturated heterocycles. The highest BCUT2D eigenvalue weighted by Gasteiger charge is 2.21. The summed E-state index contributed by atoms with van der Waals surface area (Å²) in [7, 11) is -3.70. The van der Waals surface area contributed by atoms with Crippen LogP contribution in [-0.2, 0) is 19.5 Å². The van der Waals surface area contributed by atoms with Crippen molar-refractivity contribution in [2.75, 3.05) is 19.8 Å². The van der Waals surface area contributed by atoms with Gasteiger partial charge in [0.25, 0.3) is 0 Å². The number of Topliss-reactive ketones (excluding diaryl/α,β-unsaturated/α-hetero) is 1. The lowest BCUT2D eigenvalue weighted by Crippen LogP contribution is -2.31. The highest BCUT2D eigenvalue weighted by Crippen LogP contribution is 2.15. The van der Waals surface area contributed by atoms with E-state index in [0.717, 1.165) is 24.0 Å². The second-order valence-electron chi connectivity index (χ2n) is 7.31. The quantitative estimate of drug-likeness (QED) is 0.510. The fourth-order valence-electron chi connectivity index (χ4n) is 3.07. The van der Waals surface area contributed by atoms with Crippen molar-refractivity contribution in [2.24, 2.45) is 0 Å². The van der Waals surface area contributed by atoms with Crippen molar-refractivity contribution in [3.8, 4) is 0 Å². The molecule has 1 atom stereocenters. The number of ether oxygens (including phenoxy) is 2. The van der Waals surface area contributed by atoms with Crippen molar-refractivity contribution in [3.05, 3.63) is 64.7 Å². The molecule has 160 valence electrons. The van der Waals surface area contributed by atoms with Gasteiger partial charge in [-0.25, -0.2) is 17.9 Å². The fraction of sp³-hybridized carbons (Fsp3) is 0.364. The third-order valence-corrected chi connectivity index (χ3v) is 6.53. The minimum absolute atomic E-state index is 0.0447. The third kappa shape index (κ3) is 5.53. The van der Waals surface area contributed by atoms with Crippen LogP contribution >= 0.6 is 0 Å². The number of carbonyl (C=O) groups is 2. The summed E-state index contributed by atoms with van der Waals surface area (Å²) in [6, 6.07) is 10.7. The van der Waals surface area contributed by atoms with Crippen LogP contribution in [0.25, 0.3) is 0 Å². The van der Waals surface area contributed by atoms with Crippen LogP contribution in [0.3, 0.4) is 0 Å². The van der Waals surface area contributed by atoms with Gasteiger partial charge in [-0.2, -0.15) is 0 Å². The number of hydrogen-bond donors (Lipinski definition) is 1. The van der Waals surface area contributed by atoms with Crippen LogP contribution in [0.4, 0.5) is 0 Å². The fourth-order valence-corrected chi connectivity index (χ4v) is 4.14. The molecular weight excluding hydrogens is 406 g/mol. The minimum Gasteiger partial charge on any atom is -0.454 e. The Hall–Kier alpha value is -2.55. The summed E-state index contributed by atoms with van der Waals surface area (Å²) in [6.07, 6.45) is 1.65. The molecule has 1 fully saturated rings. The van der Waals surface area contributed by atoms with E-state index in [4.69, 9.17) is 9.47 Å². The average Bonchev–Trinajstić information content (AvgIpc) is 3.26. The first-order valence-corrected chi connectivity index (χ1v) is 11.2. The zero-order chi connectivity index (χ0) is 21.7. The first-order valence-electron chi connectivity index (χ1n) is 9.75. The Labute approximate surface area is 176 Å². The van der Waals surface area contributed by atoms with Gasteiger partial charge in [-0.05, 0) is 68.1 Å². The van der Waals surface area contributed by atoms with Gasteiger partial charge < -0.3 is 9.47 Å². The molecule has 2 aromatic carbocycles. The van der Waals surface area contributed by atoms with E-state index in [2.05, 4.69) is 4.72 Å². The summed E-state index contributed by atoms with van der Waals surface area (Å²) in [5.74, 6) is -0.993. The zero-order valence-electron chi connectivity index (χ0n) is 17.0. The van der Waals surface area contributed by atoms with Crippen molar-refractivity contribution in [3.63, 3.8) is 0 Å². The highest BCUT2D eigenvalue weighted by molar-refractivity contribution is 7.89. The predicted octanol–water partition coefficient (Wildman–Crippen LogP) is 2.80. The lowest BCUT2D eigenvalue weighted by molar-refractivity contribution is 0.0474. The van der Waals surface area contributed by atoms with Crippen LogP contribution in [0.1, 0.15) is 44.7 Å². The van der Waals surface area contributed by atoms with Crippen molar-refractivity contribution in [1.29, 1.82) is 0 Å². The maximum Gasteiger partial charge on any atom is 0.338 e. The van der Waals surface area contributed by atoms with Crippen LogP contribution in [-0.4, -0.2) is 46.0 Å². The van der Waals surface area contributed by atoms with Crippen LogP contribution < -0.4 is 4.72 Å². The summed E-state index contributed by atoms with van der Waals surface area (Å²) < 4.78 is 37.7. The summed E-state index contributed by atoms with van der Waals surface area (Å²) in [4.78, 5) is 24.5. The molecule has 7 nitrogen and oxygen atoms in total. The summed E-state index contributed by atoms with van der Waals surface area (Å²) in [5, 5.41) is 0. The Morgan fingerprint density at radius 3 is 2.40 bits per heavy atom. The van der Waals surface area contributed by atoms with Crippen molar-refractivity contribution >= 4 is 21.8 Å². The van der Waals surface area contributed by atoms with E-state index in [1.165, 1.54) is 24.3 Å². The number of nitrogens with one attached hydrogen (secondary N) is 1. The maximum absolute atomic E-state index is 12.4. The number of sulfonamides is 1. The molecule has 1 aliphatic rings. The Morgan fingerprint density at radius 1 is 1.07 bits per heavy atom. The van der Waals surface area contributed by atoms with Crippen molar-refractivity contribution < 1.29 is 27.5 Å². The number of aryl methyl sites for hydroxylation is 2. The molecule has 1 heterocycles. The lowest BCUT2D eigenvalue weighted by Gasteiger charge is -2.11. The molecule has 1 aliphatic heterocycles. The largest absolute Gasteiger partial charge is 0.454 e. The van der Waals surface area contributed by atoms with Crippen LogP contribution in [0.5, 0.6) is 0 Å². The molecule has 1 unspecified atom stereocenters. The van der Waals surface area contributed by atoms with Gasteiger partial charge in [0.15, 0.2) is 12.4 Å². The molecule has 0 aromatic heterocycles. The van der Waals surface area contributed by atoms with Gasteiger partial charge in [0, 0.05) is 18.7 Å². The molecule has 0 spiro atoms. The Balaban J connectivity index is 1.56. The van der Waals surface area contributed by atoms with E-state index >= 15 is 0 Å². The summed E-state index contributed by atoms with van der Waals surface area (Å²) in [6.45, 7) is 4.33. The molecule has 0 saturated carbocycles. The smallest absolute Gasteiger partial charge is 0.338 e. The SMILES string of the molecule is Cc1ccc(C(=O)COC(=O)c2ccc(S(=O)(=O)NCC3CCCO3)cc2)cc1C. The van der Waals surface area contributed by atoms with E-state index in [9.17, 15) is 18.0 Å². The number of esters is 1. The van der Waals surface area contributed by atoms with E-state index in [0.29, 0.717) is 12.2 Å². The first kappa shape index (κ1) is 22.1. The number of ketones is 1.